The molecule has 94 valence electrons. The van der Waals surface area contributed by atoms with Crippen LogP contribution >= 0.6 is 0 Å². The van der Waals surface area contributed by atoms with Crippen LogP contribution in [0.5, 0.6) is 0 Å². The number of hydrogen-bond acceptors (Lipinski definition) is 3. The molecule has 0 saturated carbocycles. The molecule has 2 rings (SSSR count). The summed E-state index contributed by atoms with van der Waals surface area (Å²) < 4.78 is 5.74. The van der Waals surface area contributed by atoms with E-state index >= 15 is 0 Å². The highest BCUT2D eigenvalue weighted by atomic mass is 16.5. The maximum Gasteiger partial charge on any atom is 0.0712 e. The zero-order chi connectivity index (χ0) is 11.1. The Morgan fingerprint density at radius 1 is 1.06 bits per heavy atom. The number of ether oxygens (including phenoxy) is 1. The number of nitrogens with zero attached hydrogens (tertiary/aromatic N) is 1. The predicted molar refractivity (Wildman–Crippen MR) is 66.8 cm³/mol. The van der Waals surface area contributed by atoms with Crippen LogP contribution in [0.15, 0.2) is 0 Å². The Kier molecular flexibility index (Phi) is 5.59. The predicted octanol–water partition coefficient (Wildman–Crippen LogP) is 1.63. The Morgan fingerprint density at radius 3 is 2.50 bits per heavy atom. The zero-order valence-corrected chi connectivity index (χ0v) is 10.4. The fraction of sp³-hybridized carbons (Fsp3) is 1.00. The lowest BCUT2D eigenvalue weighted by Crippen LogP contribution is -2.40. The Labute approximate surface area is 99.5 Å². The van der Waals surface area contributed by atoms with Gasteiger partial charge in [-0.3, -0.25) is 0 Å². The first-order valence-electron chi connectivity index (χ1n) is 7.00. The third kappa shape index (κ3) is 4.40. The molecule has 2 aliphatic rings. The molecule has 0 aromatic rings. The molecular formula is C13H26N2O. The van der Waals surface area contributed by atoms with Gasteiger partial charge in [0, 0.05) is 19.6 Å². The Morgan fingerprint density at radius 2 is 1.81 bits per heavy atom. The smallest absolute Gasteiger partial charge is 0.0712 e. The van der Waals surface area contributed by atoms with Gasteiger partial charge in [-0.2, -0.15) is 0 Å². The van der Waals surface area contributed by atoms with E-state index in [-0.39, 0.29) is 0 Å². The Bertz CT molecular complexity index is 173. The highest BCUT2D eigenvalue weighted by molar-refractivity contribution is 4.70. The summed E-state index contributed by atoms with van der Waals surface area (Å²) in [5, 5.41) is 3.40. The lowest BCUT2D eigenvalue weighted by atomic mass is 10.1. The van der Waals surface area contributed by atoms with Crippen molar-refractivity contribution < 1.29 is 4.74 Å². The first kappa shape index (κ1) is 12.3. The van der Waals surface area contributed by atoms with E-state index in [2.05, 4.69) is 10.2 Å². The molecule has 3 heteroatoms. The van der Waals surface area contributed by atoms with Crippen LogP contribution < -0.4 is 5.32 Å². The van der Waals surface area contributed by atoms with Gasteiger partial charge in [0.25, 0.3) is 0 Å². The molecule has 0 amide bonds. The molecule has 1 unspecified atom stereocenters. The number of hydrogen-bond donors (Lipinski definition) is 1. The molecule has 3 nitrogen and oxygen atoms in total. The summed E-state index contributed by atoms with van der Waals surface area (Å²) in [6.07, 6.45) is 8.75. The molecule has 0 aromatic carbocycles. The molecule has 1 N–H and O–H groups in total. The van der Waals surface area contributed by atoms with Gasteiger partial charge >= 0.3 is 0 Å². The number of likely N-dealkylation sites (tertiary alicyclic amines) is 1. The summed E-state index contributed by atoms with van der Waals surface area (Å²) in [4.78, 5) is 2.64. The molecule has 1 atom stereocenters. The van der Waals surface area contributed by atoms with Gasteiger partial charge in [-0.1, -0.05) is 19.3 Å². The summed E-state index contributed by atoms with van der Waals surface area (Å²) in [6, 6.07) is 0. The Hall–Kier alpha value is -0.120. The van der Waals surface area contributed by atoms with Crippen LogP contribution in [0.4, 0.5) is 0 Å². The van der Waals surface area contributed by atoms with Crippen molar-refractivity contribution >= 4 is 0 Å². The largest absolute Gasteiger partial charge is 0.376 e. The highest BCUT2D eigenvalue weighted by Crippen LogP contribution is 2.11. The second-order valence-corrected chi connectivity index (χ2v) is 5.10. The summed E-state index contributed by atoms with van der Waals surface area (Å²) >= 11 is 0. The van der Waals surface area contributed by atoms with Crippen LogP contribution in [0.25, 0.3) is 0 Å². The molecule has 0 spiro atoms. The van der Waals surface area contributed by atoms with Gasteiger partial charge in [0.15, 0.2) is 0 Å². The van der Waals surface area contributed by atoms with Crippen LogP contribution in [0.3, 0.4) is 0 Å². The number of rotatable bonds is 3. The lowest BCUT2D eigenvalue weighted by molar-refractivity contribution is 0.0169. The van der Waals surface area contributed by atoms with Crippen molar-refractivity contribution in [3.8, 4) is 0 Å². The summed E-state index contributed by atoms with van der Waals surface area (Å²) in [7, 11) is 0. The van der Waals surface area contributed by atoms with Crippen LogP contribution in [0, 0.1) is 0 Å². The van der Waals surface area contributed by atoms with Crippen molar-refractivity contribution in [2.45, 2.75) is 44.6 Å². The van der Waals surface area contributed by atoms with Crippen molar-refractivity contribution in [3.63, 3.8) is 0 Å². The van der Waals surface area contributed by atoms with E-state index in [1.54, 1.807) is 0 Å². The van der Waals surface area contributed by atoms with E-state index in [1.165, 1.54) is 58.2 Å². The molecule has 0 aromatic heterocycles. The lowest BCUT2D eigenvalue weighted by Gasteiger charge is -2.28. The summed E-state index contributed by atoms with van der Waals surface area (Å²) in [5.74, 6) is 0. The third-order valence-corrected chi connectivity index (χ3v) is 3.72. The molecule has 0 radical (unpaired) electrons. The van der Waals surface area contributed by atoms with Gasteiger partial charge in [0.1, 0.15) is 0 Å². The molecule has 16 heavy (non-hydrogen) atoms. The molecule has 0 bridgehead atoms. The zero-order valence-electron chi connectivity index (χ0n) is 10.4. The van der Waals surface area contributed by atoms with E-state index in [0.717, 1.165) is 19.7 Å². The van der Waals surface area contributed by atoms with Crippen molar-refractivity contribution in [2.24, 2.45) is 0 Å². The highest BCUT2D eigenvalue weighted by Gasteiger charge is 2.15. The van der Waals surface area contributed by atoms with Crippen LogP contribution in [0.1, 0.15) is 38.5 Å². The molecule has 2 heterocycles. The average Bonchev–Trinajstić information content (AvgIpc) is 2.29. The van der Waals surface area contributed by atoms with Crippen molar-refractivity contribution in [3.05, 3.63) is 0 Å². The second-order valence-electron chi connectivity index (χ2n) is 5.10. The third-order valence-electron chi connectivity index (χ3n) is 3.72. The van der Waals surface area contributed by atoms with Crippen LogP contribution in [-0.2, 0) is 4.74 Å². The second kappa shape index (κ2) is 7.25. The van der Waals surface area contributed by atoms with E-state index < -0.39 is 0 Å². The van der Waals surface area contributed by atoms with E-state index in [1.807, 2.05) is 0 Å². The van der Waals surface area contributed by atoms with Gasteiger partial charge in [0.05, 0.1) is 12.7 Å². The van der Waals surface area contributed by atoms with E-state index in [9.17, 15) is 0 Å². The summed E-state index contributed by atoms with van der Waals surface area (Å²) in [6.45, 7) is 6.81. The van der Waals surface area contributed by atoms with E-state index in [0.29, 0.717) is 6.10 Å². The topological polar surface area (TPSA) is 24.5 Å². The normalized spacial score (nSPS) is 29.6. The summed E-state index contributed by atoms with van der Waals surface area (Å²) in [5.41, 5.74) is 0. The fourth-order valence-electron chi connectivity index (χ4n) is 2.67. The maximum atomic E-state index is 5.74. The van der Waals surface area contributed by atoms with Gasteiger partial charge in [-0.25, -0.2) is 0 Å². The van der Waals surface area contributed by atoms with E-state index in [4.69, 9.17) is 4.74 Å². The molecule has 2 saturated heterocycles. The first-order valence-corrected chi connectivity index (χ1v) is 7.00. The quantitative estimate of drug-likeness (QED) is 0.791. The molecular weight excluding hydrogens is 200 g/mol. The minimum absolute atomic E-state index is 0.458. The van der Waals surface area contributed by atoms with Gasteiger partial charge in [-0.05, 0) is 32.4 Å². The van der Waals surface area contributed by atoms with Crippen LogP contribution in [-0.4, -0.2) is 50.3 Å². The monoisotopic (exact) mass is 226 g/mol. The fourth-order valence-corrected chi connectivity index (χ4v) is 2.67. The first-order chi connectivity index (χ1) is 7.95. The maximum absolute atomic E-state index is 5.74. The number of nitrogens with one attached hydrogen (secondary N) is 1. The molecule has 2 aliphatic heterocycles. The van der Waals surface area contributed by atoms with Crippen molar-refractivity contribution in [1.82, 2.24) is 10.2 Å². The minimum Gasteiger partial charge on any atom is -0.376 e. The van der Waals surface area contributed by atoms with Gasteiger partial charge in [-0.15, -0.1) is 0 Å². The number of morpholine rings is 1. The van der Waals surface area contributed by atoms with Gasteiger partial charge in [0.2, 0.25) is 0 Å². The Balaban J connectivity index is 1.62. The molecule has 2 fully saturated rings. The average molecular weight is 226 g/mol. The van der Waals surface area contributed by atoms with Gasteiger partial charge < -0.3 is 15.0 Å². The standard InChI is InChI=1S/C13H26N2O/c1-2-4-8-15(9-5-3-1)10-6-13-12-14-7-11-16-13/h13-14H,1-12H2. The van der Waals surface area contributed by atoms with Crippen molar-refractivity contribution in [1.29, 1.82) is 0 Å². The molecule has 0 aliphatic carbocycles. The van der Waals surface area contributed by atoms with Crippen LogP contribution in [0.2, 0.25) is 0 Å². The van der Waals surface area contributed by atoms with Crippen molar-refractivity contribution in [2.75, 3.05) is 39.3 Å². The minimum atomic E-state index is 0.458. The SMILES string of the molecule is C1CCCN(CCC2CNCCO2)CCC1.